The summed E-state index contributed by atoms with van der Waals surface area (Å²) in [7, 11) is -3.53. The first-order chi connectivity index (χ1) is 16.1. The first kappa shape index (κ1) is 27.9. The van der Waals surface area contributed by atoms with E-state index in [2.05, 4.69) is 13.8 Å². The fourth-order valence-electron chi connectivity index (χ4n) is 4.45. The Kier molecular flexibility index (Phi) is 13.8. The molecule has 2 aromatic rings. The number of rotatable bonds is 18. The van der Waals surface area contributed by atoms with Crippen LogP contribution in [-0.4, -0.2) is 4.89 Å². The van der Waals surface area contributed by atoms with Crippen LogP contribution in [0.25, 0.3) is 0 Å². The number of benzene rings is 2. The standard InChI is InChI=1S/C30H47O2P/c1-3-5-7-9-11-13-15-17-27-19-23-29(24-20-27)33(31,32)30-25-21-28(22-26-30)18-16-14-12-10-8-6-4-2/h19-26H,3-18H2,1-2H3,(H,31,32). The Morgan fingerprint density at radius 1 is 0.515 bits per heavy atom. The summed E-state index contributed by atoms with van der Waals surface area (Å²) < 4.78 is 13.2. The number of hydrogen-bond donors (Lipinski definition) is 1. The van der Waals surface area contributed by atoms with Crippen LogP contribution in [0.2, 0.25) is 0 Å². The van der Waals surface area contributed by atoms with Crippen LogP contribution in [0.4, 0.5) is 0 Å². The Morgan fingerprint density at radius 2 is 0.818 bits per heavy atom. The second kappa shape index (κ2) is 16.3. The molecule has 0 radical (unpaired) electrons. The van der Waals surface area contributed by atoms with Gasteiger partial charge in [0.1, 0.15) is 0 Å². The summed E-state index contributed by atoms with van der Waals surface area (Å²) in [5.41, 5.74) is 2.52. The van der Waals surface area contributed by atoms with E-state index < -0.39 is 7.37 Å². The molecule has 0 saturated carbocycles. The van der Waals surface area contributed by atoms with Crippen LogP contribution in [0.1, 0.15) is 115 Å². The highest BCUT2D eigenvalue weighted by Gasteiger charge is 2.23. The zero-order valence-corrected chi connectivity index (χ0v) is 22.1. The minimum atomic E-state index is -3.53. The summed E-state index contributed by atoms with van der Waals surface area (Å²) in [5, 5.41) is 1.07. The van der Waals surface area contributed by atoms with E-state index >= 15 is 0 Å². The summed E-state index contributed by atoms with van der Waals surface area (Å²) >= 11 is 0. The van der Waals surface area contributed by atoms with Crippen molar-refractivity contribution < 1.29 is 9.46 Å². The van der Waals surface area contributed by atoms with Crippen molar-refractivity contribution in [3.05, 3.63) is 59.7 Å². The average molecular weight is 471 g/mol. The third kappa shape index (κ3) is 10.6. The molecule has 0 spiro atoms. The summed E-state index contributed by atoms with van der Waals surface area (Å²) in [5.74, 6) is 0. The van der Waals surface area contributed by atoms with E-state index in [4.69, 9.17) is 0 Å². The average Bonchev–Trinajstić information content (AvgIpc) is 2.83. The van der Waals surface area contributed by atoms with E-state index in [1.165, 1.54) is 101 Å². The van der Waals surface area contributed by atoms with Gasteiger partial charge < -0.3 is 4.89 Å². The molecule has 0 aromatic heterocycles. The van der Waals surface area contributed by atoms with Crippen molar-refractivity contribution in [1.29, 1.82) is 0 Å². The lowest BCUT2D eigenvalue weighted by Gasteiger charge is -2.13. The Labute approximate surface area is 203 Å². The van der Waals surface area contributed by atoms with Crippen LogP contribution in [0.3, 0.4) is 0 Å². The van der Waals surface area contributed by atoms with Gasteiger partial charge in [0.2, 0.25) is 0 Å². The van der Waals surface area contributed by atoms with Gasteiger partial charge in [-0.15, -0.1) is 0 Å². The van der Waals surface area contributed by atoms with E-state index in [-0.39, 0.29) is 0 Å². The highest BCUT2D eigenvalue weighted by atomic mass is 31.2. The van der Waals surface area contributed by atoms with E-state index in [9.17, 15) is 9.46 Å². The van der Waals surface area contributed by atoms with Crippen LogP contribution in [0.15, 0.2) is 48.5 Å². The topological polar surface area (TPSA) is 37.3 Å². The number of aryl methyl sites for hydroxylation is 2. The highest BCUT2D eigenvalue weighted by Crippen LogP contribution is 2.38. The molecule has 0 bridgehead atoms. The van der Waals surface area contributed by atoms with E-state index in [0.29, 0.717) is 10.6 Å². The van der Waals surface area contributed by atoms with Gasteiger partial charge in [-0.3, -0.25) is 4.57 Å². The van der Waals surface area contributed by atoms with Gasteiger partial charge in [0.25, 0.3) is 7.37 Å². The fraction of sp³-hybridized carbons (Fsp3) is 0.600. The Balaban J connectivity index is 1.77. The molecule has 0 saturated heterocycles. The molecule has 1 N–H and O–H groups in total. The molecule has 2 nitrogen and oxygen atoms in total. The summed E-state index contributed by atoms with van der Waals surface area (Å²) in [6, 6.07) is 15.5. The van der Waals surface area contributed by atoms with Crippen LogP contribution in [-0.2, 0) is 17.4 Å². The molecule has 0 aliphatic rings. The van der Waals surface area contributed by atoms with Gasteiger partial charge in [-0.2, -0.15) is 0 Å². The molecule has 0 unspecified atom stereocenters. The molecular formula is C30H47O2P. The zero-order chi connectivity index (χ0) is 23.8. The van der Waals surface area contributed by atoms with Gasteiger partial charge in [0.05, 0.1) is 0 Å². The Hall–Kier alpha value is -1.37. The molecule has 3 heteroatoms. The maximum Gasteiger partial charge on any atom is 0.258 e. The quantitative estimate of drug-likeness (QED) is 0.175. The SMILES string of the molecule is CCCCCCCCCc1ccc(P(=O)(O)c2ccc(CCCCCCCCC)cc2)cc1. The molecule has 33 heavy (non-hydrogen) atoms. The lowest BCUT2D eigenvalue weighted by Crippen LogP contribution is -2.15. The molecule has 184 valence electrons. The van der Waals surface area contributed by atoms with Gasteiger partial charge in [0.15, 0.2) is 0 Å². The molecule has 0 fully saturated rings. The van der Waals surface area contributed by atoms with E-state index in [0.717, 1.165) is 12.8 Å². The van der Waals surface area contributed by atoms with Gasteiger partial charge in [-0.1, -0.05) is 115 Å². The lowest BCUT2D eigenvalue weighted by molar-refractivity contribution is 0.501. The molecular weight excluding hydrogens is 423 g/mol. The van der Waals surface area contributed by atoms with Crippen LogP contribution >= 0.6 is 7.37 Å². The maximum atomic E-state index is 13.2. The summed E-state index contributed by atoms with van der Waals surface area (Å²) in [6.07, 6.45) is 20.4. The molecule has 0 heterocycles. The highest BCUT2D eigenvalue weighted by molar-refractivity contribution is 7.73. The zero-order valence-electron chi connectivity index (χ0n) is 21.2. The van der Waals surface area contributed by atoms with Crippen molar-refractivity contribution >= 4 is 18.0 Å². The van der Waals surface area contributed by atoms with Gasteiger partial charge in [-0.25, -0.2) is 0 Å². The van der Waals surface area contributed by atoms with Crippen LogP contribution in [0, 0.1) is 0 Å². The lowest BCUT2D eigenvalue weighted by atomic mass is 10.0. The van der Waals surface area contributed by atoms with Gasteiger partial charge in [0, 0.05) is 10.6 Å². The third-order valence-corrected chi connectivity index (χ3v) is 8.71. The maximum absolute atomic E-state index is 13.2. The second-order valence-corrected chi connectivity index (χ2v) is 11.8. The van der Waals surface area contributed by atoms with Crippen LogP contribution < -0.4 is 10.6 Å². The van der Waals surface area contributed by atoms with Crippen molar-refractivity contribution in [2.75, 3.05) is 0 Å². The van der Waals surface area contributed by atoms with Crippen molar-refractivity contribution in [1.82, 2.24) is 0 Å². The first-order valence-corrected chi connectivity index (χ1v) is 15.3. The molecule has 2 aromatic carbocycles. The smallest absolute Gasteiger partial charge is 0.258 e. The fourth-order valence-corrected chi connectivity index (χ4v) is 5.86. The monoisotopic (exact) mass is 470 g/mol. The molecule has 2 rings (SSSR count). The third-order valence-electron chi connectivity index (χ3n) is 6.71. The van der Waals surface area contributed by atoms with Crippen LogP contribution in [0.5, 0.6) is 0 Å². The van der Waals surface area contributed by atoms with Crippen molar-refractivity contribution in [3.63, 3.8) is 0 Å². The largest absolute Gasteiger partial charge is 0.338 e. The van der Waals surface area contributed by atoms with Gasteiger partial charge >= 0.3 is 0 Å². The molecule has 0 aliphatic carbocycles. The van der Waals surface area contributed by atoms with E-state index in [1.807, 2.05) is 48.5 Å². The summed E-state index contributed by atoms with van der Waals surface area (Å²) in [6.45, 7) is 4.50. The first-order valence-electron chi connectivity index (χ1n) is 13.6. The minimum Gasteiger partial charge on any atom is -0.338 e. The van der Waals surface area contributed by atoms with Crippen molar-refractivity contribution in [2.24, 2.45) is 0 Å². The minimum absolute atomic E-state index is 0.533. The predicted octanol–water partition coefficient (Wildman–Crippen LogP) is 8.49. The predicted molar refractivity (Wildman–Crippen MR) is 145 cm³/mol. The van der Waals surface area contributed by atoms with E-state index in [1.54, 1.807) is 0 Å². The Bertz CT molecular complexity index is 730. The molecule has 0 atom stereocenters. The van der Waals surface area contributed by atoms with Gasteiger partial charge in [-0.05, 0) is 61.1 Å². The number of unbranched alkanes of at least 4 members (excludes halogenated alkanes) is 12. The molecule has 0 amide bonds. The van der Waals surface area contributed by atoms with Crippen molar-refractivity contribution in [2.45, 2.75) is 117 Å². The summed E-state index contributed by atoms with van der Waals surface area (Å²) in [4.78, 5) is 10.8. The normalized spacial score (nSPS) is 11.7. The van der Waals surface area contributed by atoms with Crippen molar-refractivity contribution in [3.8, 4) is 0 Å². The number of hydrogen-bond acceptors (Lipinski definition) is 1. The second-order valence-electron chi connectivity index (χ2n) is 9.65. The Morgan fingerprint density at radius 3 is 1.15 bits per heavy atom. The molecule has 0 aliphatic heterocycles.